The van der Waals surface area contributed by atoms with Crippen molar-refractivity contribution in [1.82, 2.24) is 10.2 Å². The Morgan fingerprint density at radius 1 is 1.25 bits per heavy atom. The number of carbonyl (C=O) groups is 2. The molecule has 1 N–H and O–H groups in total. The zero-order chi connectivity index (χ0) is 17.7. The topological polar surface area (TPSA) is 92.6 Å². The molecule has 1 unspecified atom stereocenters. The van der Waals surface area contributed by atoms with Gasteiger partial charge in [0.05, 0.1) is 11.5 Å². The fourth-order valence-electron chi connectivity index (χ4n) is 2.92. The average molecular weight is 333 g/mol. The van der Waals surface area contributed by atoms with E-state index in [4.69, 9.17) is 0 Å². The van der Waals surface area contributed by atoms with Gasteiger partial charge in [-0.05, 0) is 18.9 Å². The first kappa shape index (κ1) is 17.9. The van der Waals surface area contributed by atoms with E-state index < -0.39 is 16.5 Å². The van der Waals surface area contributed by atoms with Crippen LogP contribution in [0.2, 0.25) is 0 Å². The van der Waals surface area contributed by atoms with Gasteiger partial charge in [-0.15, -0.1) is 0 Å². The van der Waals surface area contributed by atoms with Crippen LogP contribution in [0.4, 0.5) is 10.5 Å². The van der Waals surface area contributed by atoms with E-state index in [0.29, 0.717) is 12.0 Å². The molecule has 0 bridgehead atoms. The Kier molecular flexibility index (Phi) is 5.54. The molecule has 1 aliphatic heterocycles. The van der Waals surface area contributed by atoms with E-state index in [1.165, 1.54) is 12.1 Å². The predicted octanol–water partition coefficient (Wildman–Crippen LogP) is 3.38. The average Bonchev–Trinajstić information content (AvgIpc) is 2.76. The normalized spacial score (nSPS) is 20.3. The van der Waals surface area contributed by atoms with E-state index in [-0.39, 0.29) is 18.1 Å². The fourth-order valence-corrected chi connectivity index (χ4v) is 2.92. The van der Waals surface area contributed by atoms with Crippen molar-refractivity contribution in [2.24, 2.45) is 0 Å². The molecule has 1 aromatic rings. The molecule has 1 heterocycles. The van der Waals surface area contributed by atoms with Crippen molar-refractivity contribution < 1.29 is 14.5 Å². The van der Waals surface area contributed by atoms with Crippen LogP contribution in [0.15, 0.2) is 24.3 Å². The van der Waals surface area contributed by atoms with Gasteiger partial charge in [-0.25, -0.2) is 4.79 Å². The monoisotopic (exact) mass is 333 g/mol. The molecule has 0 radical (unpaired) electrons. The lowest BCUT2D eigenvalue weighted by Crippen LogP contribution is -2.43. The van der Waals surface area contributed by atoms with E-state index in [1.807, 2.05) is 0 Å². The van der Waals surface area contributed by atoms with Crippen molar-refractivity contribution in [1.29, 1.82) is 0 Å². The maximum atomic E-state index is 12.6. The Morgan fingerprint density at radius 3 is 2.67 bits per heavy atom. The van der Waals surface area contributed by atoms with Crippen LogP contribution in [0.25, 0.3) is 0 Å². The SMILES string of the molecule is CCCCCCC1(C)NC(=O)N(Cc2cccc([N+](=O)[O-])c2)C1=O. The van der Waals surface area contributed by atoms with E-state index in [0.717, 1.165) is 30.6 Å². The Balaban J connectivity index is 2.06. The summed E-state index contributed by atoms with van der Waals surface area (Å²) in [6, 6.07) is 5.55. The van der Waals surface area contributed by atoms with Crippen LogP contribution in [0.3, 0.4) is 0 Å². The molecule has 2 rings (SSSR count). The molecule has 0 saturated carbocycles. The lowest BCUT2D eigenvalue weighted by molar-refractivity contribution is -0.384. The Hall–Kier alpha value is -2.44. The number of hydrogen-bond donors (Lipinski definition) is 1. The zero-order valence-corrected chi connectivity index (χ0v) is 14.1. The molecular formula is C17H23N3O4. The number of nitro benzene ring substituents is 1. The van der Waals surface area contributed by atoms with Gasteiger partial charge >= 0.3 is 6.03 Å². The van der Waals surface area contributed by atoms with Gasteiger partial charge in [-0.2, -0.15) is 0 Å². The van der Waals surface area contributed by atoms with Gasteiger partial charge in [-0.3, -0.25) is 19.8 Å². The van der Waals surface area contributed by atoms with Crippen LogP contribution in [0.1, 0.15) is 51.5 Å². The van der Waals surface area contributed by atoms with Gasteiger partial charge in [0.15, 0.2) is 0 Å². The van der Waals surface area contributed by atoms with E-state index in [2.05, 4.69) is 12.2 Å². The highest BCUT2D eigenvalue weighted by Crippen LogP contribution is 2.26. The molecule has 1 atom stereocenters. The molecule has 3 amide bonds. The van der Waals surface area contributed by atoms with Gasteiger partial charge in [-0.1, -0.05) is 44.7 Å². The molecule has 24 heavy (non-hydrogen) atoms. The number of rotatable bonds is 8. The smallest absolute Gasteiger partial charge is 0.323 e. The van der Waals surface area contributed by atoms with Crippen LogP contribution >= 0.6 is 0 Å². The maximum Gasteiger partial charge on any atom is 0.325 e. The van der Waals surface area contributed by atoms with Gasteiger partial charge in [0.2, 0.25) is 0 Å². The highest BCUT2D eigenvalue weighted by molar-refractivity contribution is 6.06. The van der Waals surface area contributed by atoms with Crippen LogP contribution in [-0.4, -0.2) is 27.3 Å². The van der Waals surface area contributed by atoms with Crippen LogP contribution < -0.4 is 5.32 Å². The summed E-state index contributed by atoms with van der Waals surface area (Å²) < 4.78 is 0. The molecular weight excluding hydrogens is 310 g/mol. The van der Waals surface area contributed by atoms with Crippen molar-refractivity contribution in [2.45, 2.75) is 58.0 Å². The van der Waals surface area contributed by atoms with Crippen molar-refractivity contribution in [3.05, 3.63) is 39.9 Å². The minimum absolute atomic E-state index is 0.0386. The third-order valence-corrected chi connectivity index (χ3v) is 4.34. The summed E-state index contributed by atoms with van der Waals surface area (Å²) in [5, 5.41) is 13.6. The van der Waals surface area contributed by atoms with Crippen LogP contribution in [0.5, 0.6) is 0 Å². The number of urea groups is 1. The van der Waals surface area contributed by atoms with Gasteiger partial charge in [0, 0.05) is 12.1 Å². The summed E-state index contributed by atoms with van der Waals surface area (Å²) in [5.74, 6) is -0.268. The molecule has 1 aliphatic rings. The number of carbonyl (C=O) groups excluding carboxylic acids is 2. The van der Waals surface area contributed by atoms with E-state index >= 15 is 0 Å². The summed E-state index contributed by atoms with van der Waals surface area (Å²) in [5.41, 5.74) is -0.379. The molecule has 1 saturated heterocycles. The molecule has 130 valence electrons. The first-order valence-electron chi connectivity index (χ1n) is 8.25. The molecule has 0 aliphatic carbocycles. The van der Waals surface area contributed by atoms with Crippen molar-refractivity contribution >= 4 is 17.6 Å². The summed E-state index contributed by atoms with van der Waals surface area (Å²) in [6.45, 7) is 3.90. The van der Waals surface area contributed by atoms with Gasteiger partial charge < -0.3 is 5.32 Å². The standard InChI is InChI=1S/C17H23N3O4/c1-3-4-5-6-10-17(2)15(21)19(16(22)18-17)12-13-8-7-9-14(11-13)20(23)24/h7-9,11H,3-6,10,12H2,1-2H3,(H,18,22). The summed E-state index contributed by atoms with van der Waals surface area (Å²) in [4.78, 5) is 36.3. The largest absolute Gasteiger partial charge is 0.325 e. The first-order valence-corrected chi connectivity index (χ1v) is 8.25. The second-order valence-corrected chi connectivity index (χ2v) is 6.39. The van der Waals surface area contributed by atoms with Gasteiger partial charge in [0.1, 0.15) is 5.54 Å². The number of nitrogens with one attached hydrogen (secondary N) is 1. The molecule has 0 spiro atoms. The lowest BCUT2D eigenvalue weighted by atomic mass is 9.94. The molecule has 7 nitrogen and oxygen atoms in total. The van der Waals surface area contributed by atoms with Gasteiger partial charge in [0.25, 0.3) is 11.6 Å². The Labute approximate surface area is 141 Å². The van der Waals surface area contributed by atoms with Crippen molar-refractivity contribution in [3.63, 3.8) is 0 Å². The highest BCUT2D eigenvalue weighted by Gasteiger charge is 2.47. The van der Waals surface area contributed by atoms with E-state index in [9.17, 15) is 19.7 Å². The maximum absolute atomic E-state index is 12.6. The van der Waals surface area contributed by atoms with Crippen molar-refractivity contribution in [2.75, 3.05) is 0 Å². The molecule has 1 aromatic carbocycles. The quantitative estimate of drug-likeness (QED) is 0.341. The minimum Gasteiger partial charge on any atom is -0.323 e. The number of nitro groups is 1. The second-order valence-electron chi connectivity index (χ2n) is 6.39. The highest BCUT2D eigenvalue weighted by atomic mass is 16.6. The number of benzene rings is 1. The molecule has 1 fully saturated rings. The lowest BCUT2D eigenvalue weighted by Gasteiger charge is -2.21. The number of unbranched alkanes of at least 4 members (excludes halogenated alkanes) is 3. The molecule has 7 heteroatoms. The zero-order valence-electron chi connectivity index (χ0n) is 14.1. The summed E-state index contributed by atoms with van der Waals surface area (Å²) >= 11 is 0. The van der Waals surface area contributed by atoms with Crippen LogP contribution in [0, 0.1) is 10.1 Å². The van der Waals surface area contributed by atoms with E-state index in [1.54, 1.807) is 19.1 Å². The summed E-state index contributed by atoms with van der Waals surface area (Å²) in [7, 11) is 0. The third-order valence-electron chi connectivity index (χ3n) is 4.34. The number of non-ortho nitro benzene ring substituents is 1. The first-order chi connectivity index (χ1) is 11.4. The number of amides is 3. The fraction of sp³-hybridized carbons (Fsp3) is 0.529. The number of imide groups is 1. The predicted molar refractivity (Wildman–Crippen MR) is 89.3 cm³/mol. The molecule has 0 aromatic heterocycles. The minimum atomic E-state index is -0.883. The number of hydrogen-bond acceptors (Lipinski definition) is 4. The number of nitrogens with zero attached hydrogens (tertiary/aromatic N) is 2. The second kappa shape index (κ2) is 7.42. The Bertz CT molecular complexity index is 646. The Morgan fingerprint density at radius 2 is 2.00 bits per heavy atom. The third kappa shape index (κ3) is 3.90. The summed E-state index contributed by atoms with van der Waals surface area (Å²) in [6.07, 6.45) is 4.72. The van der Waals surface area contributed by atoms with Crippen LogP contribution in [-0.2, 0) is 11.3 Å². The van der Waals surface area contributed by atoms with Crippen molar-refractivity contribution in [3.8, 4) is 0 Å².